The minimum absolute atomic E-state index is 0.0719. The number of aromatic nitrogens is 2. The van der Waals surface area contributed by atoms with Gasteiger partial charge >= 0.3 is 5.97 Å². The monoisotopic (exact) mass is 373 g/mol. The molecule has 1 fully saturated rings. The minimum Gasteiger partial charge on any atom is -0.487 e. The molecule has 0 aliphatic heterocycles. The summed E-state index contributed by atoms with van der Waals surface area (Å²) in [5, 5.41) is 13.8. The summed E-state index contributed by atoms with van der Waals surface area (Å²) < 4.78 is 12.2. The van der Waals surface area contributed by atoms with Crippen molar-refractivity contribution in [3.05, 3.63) is 42.2 Å². The fraction of sp³-hybridized carbons (Fsp3) is 0.421. The molecule has 2 aromatic rings. The number of hydrogen-bond donors (Lipinski definition) is 1. The van der Waals surface area contributed by atoms with Crippen LogP contribution in [0.4, 0.5) is 0 Å². The first-order chi connectivity index (χ1) is 13.0. The Labute approximate surface area is 157 Å². The van der Waals surface area contributed by atoms with Crippen LogP contribution >= 0.6 is 0 Å². The highest BCUT2D eigenvalue weighted by Crippen LogP contribution is 2.32. The van der Waals surface area contributed by atoms with Gasteiger partial charge in [-0.3, -0.25) is 4.79 Å². The van der Waals surface area contributed by atoms with Crippen LogP contribution in [0.25, 0.3) is 5.69 Å². The van der Waals surface area contributed by atoms with Crippen LogP contribution in [-0.2, 0) is 9.53 Å². The third kappa shape index (κ3) is 4.28. The predicted molar refractivity (Wildman–Crippen MR) is 97.2 cm³/mol. The Hall–Kier alpha value is -2.87. The molecule has 144 valence electrons. The molecular weight excluding hydrogens is 350 g/mol. The highest BCUT2D eigenvalue weighted by atomic mass is 16.5. The molecule has 8 nitrogen and oxygen atoms in total. The Bertz CT molecular complexity index is 801. The number of carbonyl (C=O) groups is 2. The van der Waals surface area contributed by atoms with Gasteiger partial charge in [0.25, 0.3) is 5.91 Å². The molecule has 1 aliphatic rings. The largest absolute Gasteiger partial charge is 0.487 e. The molecule has 1 aromatic heterocycles. The van der Waals surface area contributed by atoms with Gasteiger partial charge in [-0.15, -0.1) is 0 Å². The van der Waals surface area contributed by atoms with Crippen molar-refractivity contribution in [1.82, 2.24) is 14.7 Å². The zero-order chi connectivity index (χ0) is 19.4. The van der Waals surface area contributed by atoms with E-state index in [0.717, 1.165) is 18.5 Å². The van der Waals surface area contributed by atoms with Gasteiger partial charge in [-0.1, -0.05) is 18.2 Å². The lowest BCUT2D eigenvalue weighted by Gasteiger charge is -2.25. The van der Waals surface area contributed by atoms with E-state index in [1.165, 1.54) is 11.8 Å². The van der Waals surface area contributed by atoms with E-state index in [-0.39, 0.29) is 18.3 Å². The molecule has 0 saturated heterocycles. The molecular formula is C19H23N3O5. The summed E-state index contributed by atoms with van der Waals surface area (Å²) in [5.41, 5.74) is 0.882. The van der Waals surface area contributed by atoms with Crippen LogP contribution in [0.1, 0.15) is 30.3 Å². The maximum Gasteiger partial charge on any atom is 0.326 e. The molecule has 1 unspecified atom stereocenters. The quantitative estimate of drug-likeness (QED) is 0.676. The lowest BCUT2D eigenvalue weighted by Crippen LogP contribution is -2.45. The highest BCUT2D eigenvalue weighted by Gasteiger charge is 2.40. The Morgan fingerprint density at radius 2 is 2.00 bits per heavy atom. The molecule has 0 spiro atoms. The number of aliphatic carboxylic acids is 1. The second-order valence-electron chi connectivity index (χ2n) is 6.42. The second kappa shape index (κ2) is 8.22. The van der Waals surface area contributed by atoms with Crippen molar-refractivity contribution < 1.29 is 24.2 Å². The lowest BCUT2D eigenvalue weighted by atomic mass is 10.2. The number of amides is 1. The Morgan fingerprint density at radius 3 is 2.59 bits per heavy atom. The van der Waals surface area contributed by atoms with Gasteiger partial charge in [-0.05, 0) is 31.9 Å². The molecule has 0 bridgehead atoms. The van der Waals surface area contributed by atoms with E-state index in [1.807, 2.05) is 30.3 Å². The molecule has 1 atom stereocenters. The van der Waals surface area contributed by atoms with Crippen LogP contribution in [0.3, 0.4) is 0 Å². The molecule has 1 aromatic carbocycles. The number of ether oxygens (including phenoxy) is 2. The third-order valence-electron chi connectivity index (χ3n) is 4.40. The van der Waals surface area contributed by atoms with E-state index in [1.54, 1.807) is 18.0 Å². The fourth-order valence-corrected chi connectivity index (χ4v) is 2.81. The van der Waals surface area contributed by atoms with E-state index < -0.39 is 17.9 Å². The van der Waals surface area contributed by atoms with Crippen molar-refractivity contribution in [3.8, 4) is 11.4 Å². The first-order valence-corrected chi connectivity index (χ1v) is 8.85. The molecule has 1 N–H and O–H groups in total. The number of nitrogens with zero attached hydrogens (tertiary/aromatic N) is 3. The number of para-hydroxylation sites is 1. The highest BCUT2D eigenvalue weighted by molar-refractivity contribution is 5.97. The molecule has 0 radical (unpaired) electrons. The summed E-state index contributed by atoms with van der Waals surface area (Å²) in [5.74, 6) is -1.17. The van der Waals surface area contributed by atoms with E-state index in [0.29, 0.717) is 12.4 Å². The molecule has 27 heavy (non-hydrogen) atoms. The number of benzene rings is 1. The van der Waals surface area contributed by atoms with Crippen LogP contribution in [0, 0.1) is 0 Å². The van der Waals surface area contributed by atoms with Crippen LogP contribution < -0.4 is 4.74 Å². The molecule has 8 heteroatoms. The number of hydrogen-bond acceptors (Lipinski definition) is 5. The topological polar surface area (TPSA) is 93.9 Å². The van der Waals surface area contributed by atoms with Gasteiger partial charge in [0, 0.05) is 13.2 Å². The standard InChI is InChI=1S/C19H23N3O5/c1-13(19(24)25)22(15-8-9-15)18(23)17-16(27-11-10-26-2)12-21(20-17)14-6-4-3-5-7-14/h3-7,12-13,15H,8-11H2,1-2H3,(H,24,25). The van der Waals surface area contributed by atoms with Crippen LogP contribution in [0.15, 0.2) is 36.5 Å². The van der Waals surface area contributed by atoms with E-state index in [9.17, 15) is 14.7 Å². The van der Waals surface area contributed by atoms with Gasteiger partial charge in [-0.25, -0.2) is 9.48 Å². The number of methoxy groups -OCH3 is 1. The summed E-state index contributed by atoms with van der Waals surface area (Å²) in [4.78, 5) is 26.0. The molecule has 1 amide bonds. The van der Waals surface area contributed by atoms with Crippen molar-refractivity contribution in [2.45, 2.75) is 31.8 Å². The number of rotatable bonds is 9. The first-order valence-electron chi connectivity index (χ1n) is 8.85. The predicted octanol–water partition coefficient (Wildman–Crippen LogP) is 1.98. The van der Waals surface area contributed by atoms with Gasteiger partial charge in [0.05, 0.1) is 18.5 Å². The first kappa shape index (κ1) is 18.9. The van der Waals surface area contributed by atoms with Gasteiger partial charge in [0.15, 0.2) is 11.4 Å². The molecule has 1 heterocycles. The Balaban J connectivity index is 1.94. The van der Waals surface area contributed by atoms with Gasteiger partial charge < -0.3 is 19.5 Å². The summed E-state index contributed by atoms with van der Waals surface area (Å²) in [6.45, 7) is 2.13. The zero-order valence-corrected chi connectivity index (χ0v) is 15.4. The van der Waals surface area contributed by atoms with Gasteiger partial charge in [-0.2, -0.15) is 5.10 Å². The summed E-state index contributed by atoms with van der Waals surface area (Å²) in [6.07, 6.45) is 3.22. The zero-order valence-electron chi connectivity index (χ0n) is 15.4. The summed E-state index contributed by atoms with van der Waals surface area (Å²) in [7, 11) is 1.56. The average Bonchev–Trinajstić information content (AvgIpc) is 3.41. The third-order valence-corrected chi connectivity index (χ3v) is 4.40. The van der Waals surface area contributed by atoms with Crippen molar-refractivity contribution in [2.75, 3.05) is 20.3 Å². The van der Waals surface area contributed by atoms with Crippen LogP contribution in [-0.4, -0.2) is 64.1 Å². The number of carboxylic acid groups (broad SMARTS) is 1. The summed E-state index contributed by atoms with van der Waals surface area (Å²) in [6, 6.07) is 8.34. The SMILES string of the molecule is COCCOc1cn(-c2ccccc2)nc1C(=O)N(C1CC1)C(C)C(=O)O. The van der Waals surface area contributed by atoms with Gasteiger partial charge in [0.2, 0.25) is 0 Å². The second-order valence-corrected chi connectivity index (χ2v) is 6.42. The summed E-state index contributed by atoms with van der Waals surface area (Å²) >= 11 is 0. The molecule has 3 rings (SSSR count). The van der Waals surface area contributed by atoms with E-state index >= 15 is 0 Å². The van der Waals surface area contributed by atoms with Crippen LogP contribution in [0.2, 0.25) is 0 Å². The maximum absolute atomic E-state index is 13.1. The fourth-order valence-electron chi connectivity index (χ4n) is 2.81. The van der Waals surface area contributed by atoms with Crippen molar-refractivity contribution in [2.24, 2.45) is 0 Å². The van der Waals surface area contributed by atoms with E-state index in [2.05, 4.69) is 5.10 Å². The van der Waals surface area contributed by atoms with Crippen LogP contribution in [0.5, 0.6) is 5.75 Å². The number of carboxylic acids is 1. The number of carbonyl (C=O) groups excluding carboxylic acids is 1. The molecule has 1 aliphatic carbocycles. The maximum atomic E-state index is 13.1. The Kier molecular flexibility index (Phi) is 5.75. The lowest BCUT2D eigenvalue weighted by molar-refractivity contribution is -0.141. The Morgan fingerprint density at radius 1 is 1.30 bits per heavy atom. The van der Waals surface area contributed by atoms with Crippen molar-refractivity contribution in [3.63, 3.8) is 0 Å². The normalized spacial score (nSPS) is 14.6. The minimum atomic E-state index is -1.04. The smallest absolute Gasteiger partial charge is 0.326 e. The average molecular weight is 373 g/mol. The van der Waals surface area contributed by atoms with E-state index in [4.69, 9.17) is 9.47 Å². The van der Waals surface area contributed by atoms with Crippen molar-refractivity contribution in [1.29, 1.82) is 0 Å². The van der Waals surface area contributed by atoms with Gasteiger partial charge in [0.1, 0.15) is 12.6 Å². The van der Waals surface area contributed by atoms with Crippen molar-refractivity contribution >= 4 is 11.9 Å². The molecule has 1 saturated carbocycles.